The molecular weight excluding hydrogens is 162 g/mol. The molecule has 13 heavy (non-hydrogen) atoms. The van der Waals surface area contributed by atoms with Crippen LogP contribution < -0.4 is 11.1 Å². The molecule has 0 radical (unpaired) electrons. The lowest BCUT2D eigenvalue weighted by Gasteiger charge is -2.03. The molecule has 0 saturated carbocycles. The molecular formula is C10H15N3. The minimum absolute atomic E-state index is 0.237. The first-order chi connectivity index (χ1) is 6.29. The Morgan fingerprint density at radius 2 is 2.00 bits per heavy atom. The number of benzene rings is 1. The van der Waals surface area contributed by atoms with Crippen molar-refractivity contribution in [3.05, 3.63) is 35.9 Å². The quantitative estimate of drug-likeness (QED) is 0.358. The number of hydrogen-bond acceptors (Lipinski definition) is 2. The van der Waals surface area contributed by atoms with Crippen LogP contribution in [-0.2, 0) is 6.54 Å². The van der Waals surface area contributed by atoms with Crippen molar-refractivity contribution in [1.82, 2.24) is 5.32 Å². The van der Waals surface area contributed by atoms with Gasteiger partial charge in [-0.3, -0.25) is 5.41 Å². The van der Waals surface area contributed by atoms with E-state index >= 15 is 0 Å². The van der Waals surface area contributed by atoms with Crippen LogP contribution in [0.3, 0.4) is 0 Å². The molecule has 0 aliphatic heterocycles. The van der Waals surface area contributed by atoms with Crippen LogP contribution in [0.25, 0.3) is 0 Å². The molecule has 3 heteroatoms. The molecule has 0 unspecified atom stereocenters. The molecule has 0 amide bonds. The van der Waals surface area contributed by atoms with Crippen molar-refractivity contribution in [2.45, 2.75) is 13.0 Å². The van der Waals surface area contributed by atoms with Gasteiger partial charge in [-0.2, -0.15) is 0 Å². The average Bonchev–Trinajstić information content (AvgIpc) is 2.14. The predicted octanol–water partition coefficient (Wildman–Crippen LogP) is 1.10. The Labute approximate surface area is 78.5 Å². The lowest BCUT2D eigenvalue weighted by Crippen LogP contribution is -2.21. The first kappa shape index (κ1) is 9.74. The van der Waals surface area contributed by atoms with Gasteiger partial charge in [-0.15, -0.1) is 0 Å². The maximum Gasteiger partial charge on any atom is 0.0918 e. The topological polar surface area (TPSA) is 61.9 Å². The summed E-state index contributed by atoms with van der Waals surface area (Å²) in [4.78, 5) is 0. The number of amidine groups is 1. The van der Waals surface area contributed by atoms with Crippen LogP contribution in [0, 0.1) is 5.41 Å². The fraction of sp³-hybridized carbons (Fsp3) is 0.300. The Kier molecular flexibility index (Phi) is 3.99. The number of nitrogens with two attached hydrogens (primary N) is 1. The summed E-state index contributed by atoms with van der Waals surface area (Å²) < 4.78 is 0. The van der Waals surface area contributed by atoms with Gasteiger partial charge in [0.1, 0.15) is 0 Å². The molecule has 0 aliphatic carbocycles. The first-order valence-electron chi connectivity index (χ1n) is 4.36. The lowest BCUT2D eigenvalue weighted by atomic mass is 10.2. The Bertz CT molecular complexity index is 256. The van der Waals surface area contributed by atoms with Crippen molar-refractivity contribution in [2.75, 3.05) is 6.54 Å². The minimum atomic E-state index is 0.237. The van der Waals surface area contributed by atoms with E-state index in [1.165, 1.54) is 5.56 Å². The molecule has 0 atom stereocenters. The van der Waals surface area contributed by atoms with Crippen LogP contribution in [0.2, 0.25) is 0 Å². The summed E-state index contributed by atoms with van der Waals surface area (Å²) in [5.74, 6) is 0.237. The highest BCUT2D eigenvalue weighted by molar-refractivity contribution is 5.76. The van der Waals surface area contributed by atoms with Crippen molar-refractivity contribution in [3.63, 3.8) is 0 Å². The Balaban J connectivity index is 2.17. The van der Waals surface area contributed by atoms with E-state index in [0.717, 1.165) is 13.1 Å². The summed E-state index contributed by atoms with van der Waals surface area (Å²) in [6, 6.07) is 10.2. The van der Waals surface area contributed by atoms with Gasteiger partial charge in [0.15, 0.2) is 0 Å². The molecule has 0 bridgehead atoms. The van der Waals surface area contributed by atoms with Gasteiger partial charge in [-0.25, -0.2) is 0 Å². The SMILES string of the molecule is N=C(N)CCNCc1ccccc1. The Hall–Kier alpha value is -1.35. The van der Waals surface area contributed by atoms with Crippen LogP contribution in [0.4, 0.5) is 0 Å². The van der Waals surface area contributed by atoms with Gasteiger partial charge in [-0.05, 0) is 5.56 Å². The summed E-state index contributed by atoms with van der Waals surface area (Å²) in [6.45, 7) is 1.61. The summed E-state index contributed by atoms with van der Waals surface area (Å²) >= 11 is 0. The van der Waals surface area contributed by atoms with E-state index in [1.54, 1.807) is 0 Å². The van der Waals surface area contributed by atoms with E-state index in [4.69, 9.17) is 11.1 Å². The molecule has 0 aliphatic rings. The molecule has 0 spiro atoms. The third-order valence-corrected chi connectivity index (χ3v) is 1.74. The average molecular weight is 177 g/mol. The summed E-state index contributed by atoms with van der Waals surface area (Å²) in [5, 5.41) is 10.2. The van der Waals surface area contributed by atoms with Gasteiger partial charge >= 0.3 is 0 Å². The second kappa shape index (κ2) is 5.32. The fourth-order valence-corrected chi connectivity index (χ4v) is 1.05. The fourth-order valence-electron chi connectivity index (χ4n) is 1.05. The lowest BCUT2D eigenvalue weighted by molar-refractivity contribution is 0.702. The van der Waals surface area contributed by atoms with Gasteiger partial charge < -0.3 is 11.1 Å². The summed E-state index contributed by atoms with van der Waals surface area (Å²) in [6.07, 6.45) is 0.618. The largest absolute Gasteiger partial charge is 0.388 e. The van der Waals surface area contributed by atoms with Gasteiger partial charge in [0.05, 0.1) is 5.84 Å². The second-order valence-electron chi connectivity index (χ2n) is 2.94. The van der Waals surface area contributed by atoms with Crippen LogP contribution in [0.5, 0.6) is 0 Å². The molecule has 1 aromatic rings. The summed E-state index contributed by atoms with van der Waals surface area (Å²) in [7, 11) is 0. The molecule has 4 N–H and O–H groups in total. The molecule has 0 aromatic heterocycles. The van der Waals surface area contributed by atoms with Crippen molar-refractivity contribution < 1.29 is 0 Å². The van der Waals surface area contributed by atoms with Crippen LogP contribution in [0.1, 0.15) is 12.0 Å². The predicted molar refractivity (Wildman–Crippen MR) is 54.7 cm³/mol. The van der Waals surface area contributed by atoms with E-state index in [-0.39, 0.29) is 5.84 Å². The van der Waals surface area contributed by atoms with Crippen LogP contribution in [0.15, 0.2) is 30.3 Å². The normalized spacial score (nSPS) is 9.85. The van der Waals surface area contributed by atoms with Crippen molar-refractivity contribution in [2.24, 2.45) is 5.73 Å². The molecule has 0 fully saturated rings. The number of nitrogens with one attached hydrogen (secondary N) is 2. The third kappa shape index (κ3) is 4.28. The molecule has 0 heterocycles. The van der Waals surface area contributed by atoms with E-state index in [1.807, 2.05) is 18.2 Å². The van der Waals surface area contributed by atoms with E-state index in [0.29, 0.717) is 6.42 Å². The molecule has 1 aromatic carbocycles. The van der Waals surface area contributed by atoms with E-state index in [2.05, 4.69) is 17.4 Å². The highest BCUT2D eigenvalue weighted by atomic mass is 14.9. The van der Waals surface area contributed by atoms with Crippen molar-refractivity contribution in [3.8, 4) is 0 Å². The standard InChI is InChI=1S/C10H15N3/c11-10(12)6-7-13-8-9-4-2-1-3-5-9/h1-5,13H,6-8H2,(H3,11,12). The van der Waals surface area contributed by atoms with E-state index in [9.17, 15) is 0 Å². The van der Waals surface area contributed by atoms with Gasteiger partial charge in [-0.1, -0.05) is 30.3 Å². The smallest absolute Gasteiger partial charge is 0.0918 e. The van der Waals surface area contributed by atoms with Crippen molar-refractivity contribution in [1.29, 1.82) is 5.41 Å². The van der Waals surface area contributed by atoms with Crippen LogP contribution >= 0.6 is 0 Å². The zero-order chi connectivity index (χ0) is 9.52. The Morgan fingerprint density at radius 3 is 2.62 bits per heavy atom. The maximum absolute atomic E-state index is 7.02. The van der Waals surface area contributed by atoms with Gasteiger partial charge in [0.2, 0.25) is 0 Å². The molecule has 3 nitrogen and oxygen atoms in total. The zero-order valence-corrected chi connectivity index (χ0v) is 7.59. The monoisotopic (exact) mass is 177 g/mol. The molecule has 0 saturated heterocycles. The van der Waals surface area contributed by atoms with Gasteiger partial charge in [0, 0.05) is 19.5 Å². The second-order valence-corrected chi connectivity index (χ2v) is 2.94. The Morgan fingerprint density at radius 1 is 1.31 bits per heavy atom. The van der Waals surface area contributed by atoms with E-state index < -0.39 is 0 Å². The van der Waals surface area contributed by atoms with Crippen LogP contribution in [-0.4, -0.2) is 12.4 Å². The first-order valence-corrected chi connectivity index (χ1v) is 4.36. The van der Waals surface area contributed by atoms with Gasteiger partial charge in [0.25, 0.3) is 0 Å². The molecule has 70 valence electrons. The summed E-state index contributed by atoms with van der Waals surface area (Å²) in [5.41, 5.74) is 6.47. The number of rotatable bonds is 5. The maximum atomic E-state index is 7.02. The third-order valence-electron chi connectivity index (χ3n) is 1.74. The number of hydrogen-bond donors (Lipinski definition) is 3. The van der Waals surface area contributed by atoms with Crippen molar-refractivity contribution >= 4 is 5.84 Å². The zero-order valence-electron chi connectivity index (χ0n) is 7.59. The molecule has 1 rings (SSSR count). The highest BCUT2D eigenvalue weighted by Gasteiger charge is 1.91. The highest BCUT2D eigenvalue weighted by Crippen LogP contribution is 1.96. The minimum Gasteiger partial charge on any atom is -0.388 e.